The lowest BCUT2D eigenvalue weighted by molar-refractivity contribution is 0.197. The van der Waals surface area contributed by atoms with Crippen molar-refractivity contribution in [1.29, 1.82) is 0 Å². The number of aliphatic imine (C=N–C) groups is 1. The van der Waals surface area contributed by atoms with Crippen molar-refractivity contribution in [3.8, 4) is 0 Å². The average molecular weight is 184 g/mol. The minimum absolute atomic E-state index is 0.802. The van der Waals surface area contributed by atoms with Crippen molar-refractivity contribution in [2.24, 2.45) is 4.99 Å². The zero-order valence-electron chi connectivity index (χ0n) is 7.12. The zero-order valence-corrected chi connectivity index (χ0v) is 7.93. The minimum atomic E-state index is 0.802. The smallest absolute Gasteiger partial charge is 0.167 e. The monoisotopic (exact) mass is 184 g/mol. The van der Waals surface area contributed by atoms with Gasteiger partial charge in [-0.2, -0.15) is 0 Å². The summed E-state index contributed by atoms with van der Waals surface area (Å²) in [5, 5.41) is 3.35. The van der Waals surface area contributed by atoms with Gasteiger partial charge in [0.05, 0.1) is 13.2 Å². The van der Waals surface area contributed by atoms with Gasteiger partial charge in [0.15, 0.2) is 5.17 Å². The number of thioether (sulfide) groups is 1. The molecule has 0 atom stereocenters. The first-order valence-electron chi connectivity index (χ1n) is 4.08. The number of nitrogens with zero attached hydrogens (tertiary/aromatic N) is 2. The minimum Gasteiger partial charge on any atom is -0.384 e. The Kier molecular flexibility index (Phi) is 2.37. The number of hydrogen-bond acceptors (Lipinski definition) is 4. The number of methoxy groups -OCH3 is 1. The maximum Gasteiger partial charge on any atom is 0.167 e. The average Bonchev–Trinajstić information content (AvgIpc) is 2.62. The number of hydrogen-bond donors (Lipinski definition) is 0. The molecular weight excluding hydrogens is 172 g/mol. The summed E-state index contributed by atoms with van der Waals surface area (Å²) in [6.07, 6.45) is 1.00. The predicted octanol–water partition coefficient (Wildman–Crippen LogP) is 1.28. The number of ether oxygens (including phenoxy) is 1. The summed E-state index contributed by atoms with van der Waals surface area (Å²) < 4.78 is 5.04. The van der Waals surface area contributed by atoms with Gasteiger partial charge in [0.1, 0.15) is 0 Å². The highest BCUT2D eigenvalue weighted by molar-refractivity contribution is 8.16. The Balaban J connectivity index is 1.95. The standard InChI is InChI=1S/C8H12N2OS/c1-11-5-2-7-6-12-8-9-3-4-10(7)8/h6H,2-5H2,1H3. The molecule has 0 aromatic carbocycles. The van der Waals surface area contributed by atoms with Gasteiger partial charge >= 0.3 is 0 Å². The molecule has 2 aliphatic heterocycles. The first-order valence-corrected chi connectivity index (χ1v) is 4.96. The van der Waals surface area contributed by atoms with Crippen molar-refractivity contribution >= 4 is 16.9 Å². The van der Waals surface area contributed by atoms with Crippen LogP contribution in [0.3, 0.4) is 0 Å². The van der Waals surface area contributed by atoms with E-state index in [0.717, 1.165) is 26.1 Å². The Labute approximate surface area is 76.5 Å². The first kappa shape index (κ1) is 8.13. The second-order valence-corrected chi connectivity index (χ2v) is 3.62. The Hall–Kier alpha value is -0.480. The molecule has 0 aromatic rings. The summed E-state index contributed by atoms with van der Waals surface area (Å²) in [5.41, 5.74) is 1.36. The highest BCUT2D eigenvalue weighted by Crippen LogP contribution is 2.30. The largest absolute Gasteiger partial charge is 0.384 e. The Bertz CT molecular complexity index is 237. The van der Waals surface area contributed by atoms with E-state index >= 15 is 0 Å². The molecular formula is C8H12N2OS. The zero-order chi connectivity index (χ0) is 8.39. The lowest BCUT2D eigenvalue weighted by atomic mass is 10.3. The van der Waals surface area contributed by atoms with Crippen molar-refractivity contribution in [3.05, 3.63) is 11.1 Å². The van der Waals surface area contributed by atoms with E-state index in [0.29, 0.717) is 0 Å². The fourth-order valence-corrected chi connectivity index (χ4v) is 2.37. The highest BCUT2D eigenvalue weighted by atomic mass is 32.2. The van der Waals surface area contributed by atoms with Crippen LogP contribution in [0.1, 0.15) is 6.42 Å². The van der Waals surface area contributed by atoms with Crippen LogP contribution in [-0.2, 0) is 4.74 Å². The van der Waals surface area contributed by atoms with Crippen molar-refractivity contribution in [2.75, 3.05) is 26.8 Å². The summed E-state index contributed by atoms with van der Waals surface area (Å²) in [6, 6.07) is 0. The molecule has 0 radical (unpaired) electrons. The van der Waals surface area contributed by atoms with Crippen molar-refractivity contribution in [3.63, 3.8) is 0 Å². The predicted molar refractivity (Wildman–Crippen MR) is 51.2 cm³/mol. The van der Waals surface area contributed by atoms with Crippen LogP contribution in [0.2, 0.25) is 0 Å². The van der Waals surface area contributed by atoms with E-state index in [1.54, 1.807) is 18.9 Å². The molecule has 2 heterocycles. The molecule has 66 valence electrons. The lowest BCUT2D eigenvalue weighted by Gasteiger charge is -2.15. The van der Waals surface area contributed by atoms with Crippen LogP contribution in [0.15, 0.2) is 16.1 Å². The van der Waals surface area contributed by atoms with Gasteiger partial charge in [0.2, 0.25) is 0 Å². The van der Waals surface area contributed by atoms with Crippen molar-refractivity contribution in [2.45, 2.75) is 6.42 Å². The summed E-state index contributed by atoms with van der Waals surface area (Å²) in [5.74, 6) is 0. The Morgan fingerprint density at radius 1 is 1.75 bits per heavy atom. The molecule has 0 saturated carbocycles. The lowest BCUT2D eigenvalue weighted by Crippen LogP contribution is -2.21. The molecule has 0 amide bonds. The third-order valence-corrected chi connectivity index (χ3v) is 2.96. The highest BCUT2D eigenvalue weighted by Gasteiger charge is 2.25. The van der Waals surface area contributed by atoms with Gasteiger partial charge in [-0.05, 0) is 5.41 Å². The molecule has 0 spiro atoms. The van der Waals surface area contributed by atoms with Crippen LogP contribution in [0.25, 0.3) is 0 Å². The quantitative estimate of drug-likeness (QED) is 0.660. The maximum atomic E-state index is 5.04. The van der Waals surface area contributed by atoms with E-state index in [4.69, 9.17) is 4.74 Å². The van der Waals surface area contributed by atoms with Gasteiger partial charge in [-0.25, -0.2) is 0 Å². The van der Waals surface area contributed by atoms with Crippen LogP contribution >= 0.6 is 11.8 Å². The van der Waals surface area contributed by atoms with Gasteiger partial charge in [-0.1, -0.05) is 11.8 Å². The summed E-state index contributed by atoms with van der Waals surface area (Å²) in [7, 11) is 1.74. The fraction of sp³-hybridized carbons (Fsp3) is 0.625. The van der Waals surface area contributed by atoms with E-state index in [1.165, 1.54) is 10.9 Å². The van der Waals surface area contributed by atoms with E-state index < -0.39 is 0 Å². The molecule has 0 saturated heterocycles. The number of rotatable bonds is 3. The molecule has 12 heavy (non-hydrogen) atoms. The molecule has 0 N–H and O–H groups in total. The van der Waals surface area contributed by atoms with E-state index in [2.05, 4.69) is 15.3 Å². The fourth-order valence-electron chi connectivity index (χ4n) is 1.38. The van der Waals surface area contributed by atoms with Crippen LogP contribution in [0, 0.1) is 0 Å². The van der Waals surface area contributed by atoms with Crippen LogP contribution in [0.5, 0.6) is 0 Å². The summed E-state index contributed by atoms with van der Waals surface area (Å²) in [4.78, 5) is 6.65. The second kappa shape index (κ2) is 3.49. The molecule has 0 aliphatic carbocycles. The SMILES string of the molecule is COCCC1=CSC2=NCCN12. The number of fused-ring (bicyclic) bond motifs is 1. The molecule has 0 fully saturated rings. The Morgan fingerprint density at radius 3 is 3.50 bits per heavy atom. The van der Waals surface area contributed by atoms with E-state index in [-0.39, 0.29) is 0 Å². The topological polar surface area (TPSA) is 24.8 Å². The summed E-state index contributed by atoms with van der Waals surface area (Å²) >= 11 is 1.73. The number of amidine groups is 1. The second-order valence-electron chi connectivity index (χ2n) is 2.79. The molecule has 0 aromatic heterocycles. The molecule has 2 rings (SSSR count). The van der Waals surface area contributed by atoms with Gasteiger partial charge in [0.25, 0.3) is 0 Å². The third kappa shape index (κ3) is 1.36. The van der Waals surface area contributed by atoms with Gasteiger partial charge in [-0.15, -0.1) is 0 Å². The summed E-state index contributed by atoms with van der Waals surface area (Å²) in [6.45, 7) is 2.81. The first-order chi connectivity index (χ1) is 5.92. The molecule has 3 nitrogen and oxygen atoms in total. The van der Waals surface area contributed by atoms with Crippen LogP contribution < -0.4 is 0 Å². The van der Waals surface area contributed by atoms with Gasteiger partial charge < -0.3 is 9.64 Å². The maximum absolute atomic E-state index is 5.04. The molecule has 0 bridgehead atoms. The molecule has 0 unspecified atom stereocenters. The van der Waals surface area contributed by atoms with Crippen LogP contribution in [-0.4, -0.2) is 36.9 Å². The Morgan fingerprint density at radius 2 is 2.67 bits per heavy atom. The van der Waals surface area contributed by atoms with Crippen molar-refractivity contribution < 1.29 is 4.74 Å². The van der Waals surface area contributed by atoms with Crippen LogP contribution in [0.4, 0.5) is 0 Å². The van der Waals surface area contributed by atoms with Gasteiger partial charge in [0, 0.05) is 25.8 Å². The van der Waals surface area contributed by atoms with Gasteiger partial charge in [-0.3, -0.25) is 4.99 Å². The van der Waals surface area contributed by atoms with Crippen molar-refractivity contribution in [1.82, 2.24) is 4.90 Å². The third-order valence-electron chi connectivity index (χ3n) is 2.01. The van der Waals surface area contributed by atoms with E-state index in [9.17, 15) is 0 Å². The normalized spacial score (nSPS) is 20.9. The molecule has 4 heteroatoms. The molecule has 2 aliphatic rings. The van der Waals surface area contributed by atoms with E-state index in [1.807, 2.05) is 0 Å².